The monoisotopic (exact) mass is 265 g/mol. The molecule has 0 saturated heterocycles. The number of rotatable bonds is 1. The van der Waals surface area contributed by atoms with Gasteiger partial charge in [0.1, 0.15) is 11.2 Å². The molecule has 0 bridgehead atoms. The molecule has 0 aliphatic rings. The molecule has 2 aromatic rings. The van der Waals surface area contributed by atoms with Gasteiger partial charge < -0.3 is 0 Å². The fourth-order valence-electron chi connectivity index (χ4n) is 1.37. The van der Waals surface area contributed by atoms with Crippen LogP contribution in [-0.4, -0.2) is 15.2 Å². The fraction of sp³-hybridized carbons (Fsp3) is 0.222. The number of halogens is 5. The van der Waals surface area contributed by atoms with Gasteiger partial charge in [0.05, 0.1) is 5.39 Å². The Kier molecular flexibility index (Phi) is 2.76. The molecule has 96 valence electrons. The lowest BCUT2D eigenvalue weighted by molar-refractivity contribution is -0.141. The average molecular weight is 265 g/mol. The summed E-state index contributed by atoms with van der Waals surface area (Å²) in [6, 6.07) is 1.34. The van der Waals surface area contributed by atoms with Crippen molar-refractivity contribution in [3.05, 3.63) is 33.9 Å². The molecule has 0 radical (unpaired) electrons. The first-order valence-corrected chi connectivity index (χ1v) is 4.55. The van der Waals surface area contributed by atoms with Gasteiger partial charge in [-0.15, -0.1) is 0 Å². The van der Waals surface area contributed by atoms with Crippen molar-refractivity contribution in [1.82, 2.24) is 15.2 Å². The second-order valence-corrected chi connectivity index (χ2v) is 3.33. The summed E-state index contributed by atoms with van der Waals surface area (Å²) in [5.74, 6) is 0. The lowest BCUT2D eigenvalue weighted by atomic mass is 10.2. The van der Waals surface area contributed by atoms with Crippen molar-refractivity contribution in [2.75, 3.05) is 0 Å². The van der Waals surface area contributed by atoms with Crippen LogP contribution in [0.15, 0.2) is 16.9 Å². The van der Waals surface area contributed by atoms with Crippen LogP contribution < -0.4 is 5.56 Å². The third-order valence-corrected chi connectivity index (χ3v) is 2.16. The molecular weight excluding hydrogens is 261 g/mol. The molecular formula is C9H4F5N3O. The zero-order valence-corrected chi connectivity index (χ0v) is 8.42. The Bertz CT molecular complexity index is 649. The van der Waals surface area contributed by atoms with Crippen molar-refractivity contribution in [2.45, 2.75) is 12.6 Å². The van der Waals surface area contributed by atoms with Crippen molar-refractivity contribution in [3.63, 3.8) is 0 Å². The van der Waals surface area contributed by atoms with E-state index in [1.54, 1.807) is 5.10 Å². The molecule has 0 atom stereocenters. The van der Waals surface area contributed by atoms with Crippen LogP contribution in [0.1, 0.15) is 17.8 Å². The van der Waals surface area contributed by atoms with E-state index in [0.29, 0.717) is 6.07 Å². The van der Waals surface area contributed by atoms with E-state index in [4.69, 9.17) is 0 Å². The average Bonchev–Trinajstić information content (AvgIpc) is 2.27. The summed E-state index contributed by atoms with van der Waals surface area (Å²) in [5.41, 5.74) is -3.97. The number of aromatic nitrogens is 3. The van der Waals surface area contributed by atoms with Crippen LogP contribution in [0, 0.1) is 0 Å². The molecule has 18 heavy (non-hydrogen) atoms. The molecule has 2 rings (SSSR count). The number of pyridine rings is 1. The summed E-state index contributed by atoms with van der Waals surface area (Å²) in [6.07, 6.45) is -7.92. The highest BCUT2D eigenvalue weighted by Gasteiger charge is 2.33. The molecule has 4 nitrogen and oxygen atoms in total. The predicted molar refractivity (Wildman–Crippen MR) is 50.1 cm³/mol. The smallest absolute Gasteiger partial charge is 0.267 e. The Labute approximate surface area is 95.5 Å². The van der Waals surface area contributed by atoms with E-state index in [1.165, 1.54) is 0 Å². The van der Waals surface area contributed by atoms with Crippen LogP contribution in [-0.2, 0) is 6.18 Å². The minimum absolute atomic E-state index is 0.367. The van der Waals surface area contributed by atoms with Gasteiger partial charge in [-0.1, -0.05) is 0 Å². The lowest BCUT2D eigenvalue weighted by Crippen LogP contribution is -2.15. The van der Waals surface area contributed by atoms with Gasteiger partial charge in [0, 0.05) is 0 Å². The topological polar surface area (TPSA) is 58.6 Å². The normalized spacial score (nSPS) is 12.3. The zero-order chi connectivity index (χ0) is 13.5. The Morgan fingerprint density at radius 3 is 2.44 bits per heavy atom. The van der Waals surface area contributed by atoms with Crippen molar-refractivity contribution in [1.29, 1.82) is 0 Å². The van der Waals surface area contributed by atoms with Gasteiger partial charge in [0.25, 0.3) is 12.0 Å². The molecule has 0 amide bonds. The molecule has 2 heterocycles. The number of H-pyrrole nitrogens is 1. The number of nitrogens with zero attached hydrogens (tertiary/aromatic N) is 2. The van der Waals surface area contributed by atoms with Gasteiger partial charge in [0.15, 0.2) is 5.69 Å². The van der Waals surface area contributed by atoms with Gasteiger partial charge in [-0.2, -0.15) is 18.3 Å². The van der Waals surface area contributed by atoms with Crippen LogP contribution in [0.2, 0.25) is 0 Å². The third-order valence-electron chi connectivity index (χ3n) is 2.16. The van der Waals surface area contributed by atoms with Crippen molar-refractivity contribution >= 4 is 10.9 Å². The van der Waals surface area contributed by atoms with Gasteiger partial charge in [-0.3, -0.25) is 4.79 Å². The molecule has 0 fully saturated rings. The lowest BCUT2D eigenvalue weighted by Gasteiger charge is -2.08. The van der Waals surface area contributed by atoms with Gasteiger partial charge >= 0.3 is 6.18 Å². The maximum atomic E-state index is 12.6. The van der Waals surface area contributed by atoms with E-state index < -0.39 is 35.1 Å². The first-order chi connectivity index (χ1) is 8.30. The van der Waals surface area contributed by atoms with E-state index in [2.05, 4.69) is 10.1 Å². The quantitative estimate of drug-likeness (QED) is 0.804. The Balaban J connectivity index is 2.82. The number of hydrogen-bond donors (Lipinski definition) is 1. The summed E-state index contributed by atoms with van der Waals surface area (Å²) < 4.78 is 62.3. The highest BCUT2D eigenvalue weighted by Crippen LogP contribution is 2.30. The van der Waals surface area contributed by atoms with Crippen LogP contribution in [0.3, 0.4) is 0 Å². The second kappa shape index (κ2) is 4.00. The number of alkyl halides is 5. The molecule has 0 saturated carbocycles. The van der Waals surface area contributed by atoms with Gasteiger partial charge in [-0.25, -0.2) is 18.9 Å². The first kappa shape index (κ1) is 12.4. The highest BCUT2D eigenvalue weighted by molar-refractivity contribution is 5.79. The van der Waals surface area contributed by atoms with Crippen LogP contribution in [0.5, 0.6) is 0 Å². The Hall–Kier alpha value is -2.06. The van der Waals surface area contributed by atoms with E-state index >= 15 is 0 Å². The summed E-state index contributed by atoms with van der Waals surface area (Å²) in [5, 5.41) is 4.42. The predicted octanol–water partition coefficient (Wildman–Crippen LogP) is 2.27. The summed E-state index contributed by atoms with van der Waals surface area (Å²) in [4.78, 5) is 14.3. The van der Waals surface area contributed by atoms with Gasteiger partial charge in [-0.05, 0) is 12.1 Å². The van der Waals surface area contributed by atoms with E-state index in [-0.39, 0.29) is 5.39 Å². The van der Waals surface area contributed by atoms with Gasteiger partial charge in [0.2, 0.25) is 0 Å². The molecule has 2 aromatic heterocycles. The SMILES string of the molecule is O=c1[nH]nc(C(F)F)c2nc(C(F)(F)F)ccc12. The first-order valence-electron chi connectivity index (χ1n) is 4.55. The maximum Gasteiger partial charge on any atom is 0.433 e. The summed E-state index contributed by atoms with van der Waals surface area (Å²) >= 11 is 0. The molecule has 0 unspecified atom stereocenters. The molecule has 0 aliphatic heterocycles. The largest absolute Gasteiger partial charge is 0.433 e. The number of aromatic amines is 1. The van der Waals surface area contributed by atoms with Crippen LogP contribution in [0.4, 0.5) is 22.0 Å². The minimum Gasteiger partial charge on any atom is -0.267 e. The van der Waals surface area contributed by atoms with Crippen LogP contribution >= 0.6 is 0 Å². The van der Waals surface area contributed by atoms with E-state index in [9.17, 15) is 26.7 Å². The number of fused-ring (bicyclic) bond motifs is 1. The molecule has 0 aliphatic carbocycles. The number of hydrogen-bond acceptors (Lipinski definition) is 3. The van der Waals surface area contributed by atoms with Crippen molar-refractivity contribution in [3.8, 4) is 0 Å². The number of nitrogens with one attached hydrogen (secondary N) is 1. The highest BCUT2D eigenvalue weighted by atomic mass is 19.4. The maximum absolute atomic E-state index is 12.6. The van der Waals surface area contributed by atoms with Crippen molar-refractivity contribution in [2.24, 2.45) is 0 Å². The standard InChI is InChI=1S/C9H4F5N3O/c10-7(11)6-5-3(8(18)17-16-6)1-2-4(15-5)9(12,13)14/h1-2,7H,(H,17,18). The Morgan fingerprint density at radius 2 is 1.89 bits per heavy atom. The molecule has 9 heteroatoms. The van der Waals surface area contributed by atoms with E-state index in [0.717, 1.165) is 6.07 Å². The third kappa shape index (κ3) is 2.03. The summed E-state index contributed by atoms with van der Waals surface area (Å²) in [6.45, 7) is 0. The summed E-state index contributed by atoms with van der Waals surface area (Å²) in [7, 11) is 0. The van der Waals surface area contributed by atoms with Crippen molar-refractivity contribution < 1.29 is 22.0 Å². The van der Waals surface area contributed by atoms with Crippen LogP contribution in [0.25, 0.3) is 10.9 Å². The fourth-order valence-corrected chi connectivity index (χ4v) is 1.37. The molecule has 0 aromatic carbocycles. The Morgan fingerprint density at radius 1 is 1.22 bits per heavy atom. The minimum atomic E-state index is -4.78. The molecule has 0 spiro atoms. The molecule has 1 N–H and O–H groups in total. The zero-order valence-electron chi connectivity index (χ0n) is 8.42. The van der Waals surface area contributed by atoms with E-state index in [1.807, 2.05) is 0 Å². The second-order valence-electron chi connectivity index (χ2n) is 3.33.